The Bertz CT molecular complexity index is 143. The molecule has 15 heavy (non-hydrogen) atoms. The Balaban J connectivity index is 3.74. The molecule has 0 bridgehead atoms. The molecule has 1 atom stereocenters. The highest BCUT2D eigenvalue weighted by Gasteiger charge is 2.29. The lowest BCUT2D eigenvalue weighted by Gasteiger charge is -2.28. The lowest BCUT2D eigenvalue weighted by Crippen LogP contribution is -2.36. The third-order valence-electron chi connectivity index (χ3n) is 3.18. The van der Waals surface area contributed by atoms with Crippen molar-refractivity contribution in [3.05, 3.63) is 0 Å². The summed E-state index contributed by atoms with van der Waals surface area (Å²) in [5, 5.41) is 19.7. The van der Waals surface area contributed by atoms with Crippen molar-refractivity contribution in [2.24, 2.45) is 5.92 Å². The topological polar surface area (TPSA) is 40.5 Å². The third kappa shape index (κ3) is 6.91. The van der Waals surface area contributed by atoms with Crippen LogP contribution >= 0.6 is 0 Å². The van der Waals surface area contributed by atoms with Crippen LogP contribution in [0.25, 0.3) is 0 Å². The standard InChI is InChI=1S/C13H28O2/c1-4-6-8-10-12(3)13(14,15)11-9-7-5-2/h12,14-15H,4-11H2,1-3H3. The molecule has 0 saturated carbocycles. The molecule has 0 aromatic rings. The maximum atomic E-state index is 9.86. The van der Waals surface area contributed by atoms with Crippen molar-refractivity contribution in [1.29, 1.82) is 0 Å². The van der Waals surface area contributed by atoms with Gasteiger partial charge in [0.15, 0.2) is 5.79 Å². The molecule has 0 heterocycles. The van der Waals surface area contributed by atoms with Gasteiger partial charge in [-0.1, -0.05) is 52.9 Å². The summed E-state index contributed by atoms with van der Waals surface area (Å²) in [7, 11) is 0. The summed E-state index contributed by atoms with van der Waals surface area (Å²) in [6, 6.07) is 0. The van der Waals surface area contributed by atoms with Crippen molar-refractivity contribution in [1.82, 2.24) is 0 Å². The van der Waals surface area contributed by atoms with Gasteiger partial charge in [-0.3, -0.25) is 0 Å². The Hall–Kier alpha value is -0.0800. The van der Waals surface area contributed by atoms with Gasteiger partial charge in [0.1, 0.15) is 0 Å². The van der Waals surface area contributed by atoms with Crippen LogP contribution in [-0.2, 0) is 0 Å². The molecule has 92 valence electrons. The first-order chi connectivity index (χ1) is 7.04. The fraction of sp³-hybridized carbons (Fsp3) is 1.00. The predicted octanol–water partition coefficient (Wildman–Crippen LogP) is 3.46. The third-order valence-corrected chi connectivity index (χ3v) is 3.18. The molecule has 2 nitrogen and oxygen atoms in total. The SMILES string of the molecule is CCCCCC(C)C(O)(O)CCCCC. The van der Waals surface area contributed by atoms with Crippen molar-refractivity contribution in [3.63, 3.8) is 0 Å². The molecule has 0 aromatic heterocycles. The molecule has 0 spiro atoms. The molecular formula is C13H28O2. The zero-order valence-electron chi connectivity index (χ0n) is 10.6. The van der Waals surface area contributed by atoms with Gasteiger partial charge in [-0.25, -0.2) is 0 Å². The number of hydrogen-bond acceptors (Lipinski definition) is 2. The van der Waals surface area contributed by atoms with Crippen molar-refractivity contribution in [3.8, 4) is 0 Å². The minimum Gasteiger partial charge on any atom is -0.365 e. The first kappa shape index (κ1) is 14.9. The van der Waals surface area contributed by atoms with E-state index in [4.69, 9.17) is 0 Å². The van der Waals surface area contributed by atoms with E-state index in [1.165, 1.54) is 12.8 Å². The molecule has 0 aromatic carbocycles. The largest absolute Gasteiger partial charge is 0.365 e. The second-order valence-electron chi connectivity index (χ2n) is 4.73. The number of hydrogen-bond donors (Lipinski definition) is 2. The second kappa shape index (κ2) is 8.12. The Morgan fingerprint density at radius 2 is 1.47 bits per heavy atom. The summed E-state index contributed by atoms with van der Waals surface area (Å²) >= 11 is 0. The number of unbranched alkanes of at least 4 members (excludes halogenated alkanes) is 4. The molecule has 2 N–H and O–H groups in total. The van der Waals surface area contributed by atoms with E-state index in [1.807, 2.05) is 6.92 Å². The molecular weight excluding hydrogens is 188 g/mol. The van der Waals surface area contributed by atoms with Gasteiger partial charge in [-0.05, 0) is 12.8 Å². The molecule has 0 amide bonds. The monoisotopic (exact) mass is 216 g/mol. The molecule has 0 saturated heterocycles. The minimum absolute atomic E-state index is 0.000839. The van der Waals surface area contributed by atoms with Gasteiger partial charge in [0.2, 0.25) is 0 Å². The lowest BCUT2D eigenvalue weighted by atomic mass is 9.90. The highest BCUT2D eigenvalue weighted by molar-refractivity contribution is 4.72. The average Bonchev–Trinajstić information content (AvgIpc) is 2.18. The molecule has 0 aliphatic rings. The second-order valence-corrected chi connectivity index (χ2v) is 4.73. The van der Waals surface area contributed by atoms with Gasteiger partial charge in [0, 0.05) is 12.3 Å². The van der Waals surface area contributed by atoms with Crippen LogP contribution in [0.2, 0.25) is 0 Å². The van der Waals surface area contributed by atoms with Crippen LogP contribution in [0.4, 0.5) is 0 Å². The first-order valence-electron chi connectivity index (χ1n) is 6.49. The van der Waals surface area contributed by atoms with Crippen LogP contribution < -0.4 is 0 Å². The molecule has 0 rings (SSSR count). The van der Waals surface area contributed by atoms with E-state index in [1.54, 1.807) is 0 Å². The highest BCUT2D eigenvalue weighted by atomic mass is 16.5. The predicted molar refractivity (Wildman–Crippen MR) is 64.6 cm³/mol. The van der Waals surface area contributed by atoms with Crippen molar-refractivity contribution < 1.29 is 10.2 Å². The zero-order chi connectivity index (χ0) is 11.7. The summed E-state index contributed by atoms with van der Waals surface area (Å²) in [5.74, 6) is -1.44. The van der Waals surface area contributed by atoms with Crippen LogP contribution in [-0.4, -0.2) is 16.0 Å². The van der Waals surface area contributed by atoms with Crippen molar-refractivity contribution >= 4 is 0 Å². The van der Waals surface area contributed by atoms with E-state index in [0.717, 1.165) is 32.1 Å². The Morgan fingerprint density at radius 1 is 0.933 bits per heavy atom. The van der Waals surface area contributed by atoms with Gasteiger partial charge in [0.05, 0.1) is 0 Å². The van der Waals surface area contributed by atoms with E-state index in [2.05, 4.69) is 13.8 Å². The van der Waals surface area contributed by atoms with Gasteiger partial charge < -0.3 is 10.2 Å². The Kier molecular flexibility index (Phi) is 8.07. The number of aliphatic hydroxyl groups is 2. The van der Waals surface area contributed by atoms with Crippen LogP contribution in [0, 0.1) is 5.92 Å². The molecule has 0 radical (unpaired) electrons. The summed E-state index contributed by atoms with van der Waals surface area (Å²) in [4.78, 5) is 0. The highest BCUT2D eigenvalue weighted by Crippen LogP contribution is 2.25. The summed E-state index contributed by atoms with van der Waals surface area (Å²) in [6.45, 7) is 6.24. The lowest BCUT2D eigenvalue weighted by molar-refractivity contribution is -0.202. The van der Waals surface area contributed by atoms with Gasteiger partial charge in [-0.2, -0.15) is 0 Å². The van der Waals surface area contributed by atoms with Gasteiger partial charge in [-0.15, -0.1) is 0 Å². The van der Waals surface area contributed by atoms with Crippen LogP contribution in [0.15, 0.2) is 0 Å². The van der Waals surface area contributed by atoms with Crippen LogP contribution in [0.3, 0.4) is 0 Å². The number of rotatable bonds is 9. The molecule has 0 aliphatic carbocycles. The van der Waals surface area contributed by atoms with E-state index >= 15 is 0 Å². The van der Waals surface area contributed by atoms with E-state index < -0.39 is 5.79 Å². The quantitative estimate of drug-likeness (QED) is 0.458. The maximum absolute atomic E-state index is 9.86. The maximum Gasteiger partial charge on any atom is 0.165 e. The molecule has 0 aliphatic heterocycles. The zero-order valence-corrected chi connectivity index (χ0v) is 10.6. The molecule has 2 heteroatoms. The first-order valence-corrected chi connectivity index (χ1v) is 6.49. The van der Waals surface area contributed by atoms with Crippen molar-refractivity contribution in [2.75, 3.05) is 0 Å². The van der Waals surface area contributed by atoms with Crippen LogP contribution in [0.5, 0.6) is 0 Å². The minimum atomic E-state index is -1.44. The molecule has 1 unspecified atom stereocenters. The van der Waals surface area contributed by atoms with Crippen molar-refractivity contribution in [2.45, 2.75) is 77.9 Å². The van der Waals surface area contributed by atoms with E-state index in [-0.39, 0.29) is 5.92 Å². The fourth-order valence-electron chi connectivity index (χ4n) is 1.81. The molecule has 0 fully saturated rings. The van der Waals surface area contributed by atoms with Crippen LogP contribution in [0.1, 0.15) is 72.1 Å². The average molecular weight is 216 g/mol. The van der Waals surface area contributed by atoms with E-state index in [9.17, 15) is 10.2 Å². The Labute approximate surface area is 94.7 Å². The van der Waals surface area contributed by atoms with Gasteiger partial charge >= 0.3 is 0 Å². The smallest absolute Gasteiger partial charge is 0.165 e. The fourth-order valence-corrected chi connectivity index (χ4v) is 1.81. The normalized spacial score (nSPS) is 14.2. The van der Waals surface area contributed by atoms with Gasteiger partial charge in [0.25, 0.3) is 0 Å². The summed E-state index contributed by atoms with van der Waals surface area (Å²) in [5.41, 5.74) is 0. The Morgan fingerprint density at radius 3 is 2.00 bits per heavy atom. The summed E-state index contributed by atoms with van der Waals surface area (Å²) < 4.78 is 0. The summed E-state index contributed by atoms with van der Waals surface area (Å²) in [6.07, 6.45) is 8.06. The van der Waals surface area contributed by atoms with E-state index in [0.29, 0.717) is 6.42 Å².